The van der Waals surface area contributed by atoms with Crippen molar-refractivity contribution in [2.45, 2.75) is 11.8 Å². The van der Waals surface area contributed by atoms with Gasteiger partial charge in [0.05, 0.1) is 12.3 Å². The molecule has 1 atom stereocenters. The first-order chi connectivity index (χ1) is 8.89. The van der Waals surface area contributed by atoms with Gasteiger partial charge >= 0.3 is 0 Å². The second-order valence-corrected chi connectivity index (χ2v) is 6.85. The van der Waals surface area contributed by atoms with E-state index in [1.54, 1.807) is 25.3 Å². The highest BCUT2D eigenvalue weighted by Gasteiger charge is 2.20. The normalized spacial score (nSPS) is 13.5. The van der Waals surface area contributed by atoms with Gasteiger partial charge in [-0.15, -0.1) is 0 Å². The molecule has 0 heterocycles. The van der Waals surface area contributed by atoms with Crippen molar-refractivity contribution < 1.29 is 13.2 Å². The van der Waals surface area contributed by atoms with Gasteiger partial charge in [-0.3, -0.25) is 0 Å². The van der Waals surface area contributed by atoms with Crippen molar-refractivity contribution in [3.05, 3.63) is 24.3 Å². The SMILES string of the molecule is COCC(C)CNc1ccccc1S(=O)(=O)N(C)C. The molecule has 0 aromatic heterocycles. The van der Waals surface area contributed by atoms with Crippen molar-refractivity contribution in [2.24, 2.45) is 5.92 Å². The summed E-state index contributed by atoms with van der Waals surface area (Å²) in [6.07, 6.45) is 0. The summed E-state index contributed by atoms with van der Waals surface area (Å²) < 4.78 is 30.6. The molecule has 0 saturated heterocycles. The number of methoxy groups -OCH3 is 1. The number of ether oxygens (including phenoxy) is 1. The molecule has 0 amide bonds. The Hall–Kier alpha value is -1.11. The third kappa shape index (κ3) is 4.19. The minimum atomic E-state index is -3.43. The molecule has 1 unspecified atom stereocenters. The molecule has 1 N–H and O–H groups in total. The van der Waals surface area contributed by atoms with E-state index >= 15 is 0 Å². The van der Waals surface area contributed by atoms with Gasteiger partial charge in [-0.25, -0.2) is 12.7 Å². The summed E-state index contributed by atoms with van der Waals surface area (Å²) in [5, 5.41) is 3.17. The minimum Gasteiger partial charge on any atom is -0.384 e. The average molecular weight is 286 g/mol. The molecule has 108 valence electrons. The fraction of sp³-hybridized carbons (Fsp3) is 0.538. The van der Waals surface area contributed by atoms with Crippen LogP contribution in [0.3, 0.4) is 0 Å². The number of nitrogens with zero attached hydrogens (tertiary/aromatic N) is 1. The van der Waals surface area contributed by atoms with Crippen molar-refractivity contribution in [3.8, 4) is 0 Å². The zero-order valence-electron chi connectivity index (χ0n) is 11.9. The number of nitrogens with one attached hydrogen (secondary N) is 1. The number of anilines is 1. The number of benzene rings is 1. The van der Waals surface area contributed by atoms with Gasteiger partial charge in [0, 0.05) is 27.7 Å². The smallest absolute Gasteiger partial charge is 0.244 e. The van der Waals surface area contributed by atoms with Gasteiger partial charge in [0.15, 0.2) is 0 Å². The van der Waals surface area contributed by atoms with Crippen molar-refractivity contribution in [1.29, 1.82) is 0 Å². The first-order valence-corrected chi connectivity index (χ1v) is 7.58. The van der Waals surface area contributed by atoms with E-state index in [1.807, 2.05) is 13.0 Å². The van der Waals surface area contributed by atoms with E-state index in [9.17, 15) is 8.42 Å². The Kier molecular flexibility index (Phi) is 5.78. The Balaban J connectivity index is 2.91. The van der Waals surface area contributed by atoms with E-state index in [-0.39, 0.29) is 0 Å². The molecule has 0 aliphatic heterocycles. The molecule has 19 heavy (non-hydrogen) atoms. The summed E-state index contributed by atoms with van der Waals surface area (Å²) in [5.41, 5.74) is 0.624. The van der Waals surface area contributed by atoms with Crippen LogP contribution in [0.1, 0.15) is 6.92 Å². The topological polar surface area (TPSA) is 58.6 Å². The molecule has 1 aromatic rings. The van der Waals surface area contributed by atoms with Crippen LogP contribution in [-0.2, 0) is 14.8 Å². The van der Waals surface area contributed by atoms with Gasteiger partial charge < -0.3 is 10.1 Å². The van der Waals surface area contributed by atoms with E-state index in [0.717, 1.165) is 0 Å². The first kappa shape index (κ1) is 15.9. The fourth-order valence-corrected chi connectivity index (χ4v) is 2.72. The predicted octanol–water partition coefficient (Wildman–Crippen LogP) is 1.63. The van der Waals surface area contributed by atoms with Gasteiger partial charge in [0.1, 0.15) is 4.90 Å². The van der Waals surface area contributed by atoms with Crippen LogP contribution in [-0.4, -0.2) is 47.1 Å². The Morgan fingerprint density at radius 1 is 1.32 bits per heavy atom. The third-order valence-corrected chi connectivity index (χ3v) is 4.61. The molecule has 0 aliphatic rings. The highest BCUT2D eigenvalue weighted by molar-refractivity contribution is 7.89. The number of para-hydroxylation sites is 1. The van der Waals surface area contributed by atoms with Gasteiger partial charge in [0.2, 0.25) is 10.0 Å². The molecule has 0 saturated carbocycles. The molecule has 5 nitrogen and oxygen atoms in total. The highest BCUT2D eigenvalue weighted by Crippen LogP contribution is 2.23. The number of rotatable bonds is 7. The molecular formula is C13H22N2O3S. The Morgan fingerprint density at radius 3 is 2.53 bits per heavy atom. The van der Waals surface area contributed by atoms with Crippen LogP contribution >= 0.6 is 0 Å². The standard InChI is InChI=1S/C13H22N2O3S/c1-11(10-18-4)9-14-12-7-5-6-8-13(12)19(16,17)15(2)3/h5-8,11,14H,9-10H2,1-4H3. The maximum absolute atomic E-state index is 12.2. The van der Waals surface area contributed by atoms with E-state index in [2.05, 4.69) is 5.32 Å². The van der Waals surface area contributed by atoms with Crippen LogP contribution < -0.4 is 5.32 Å². The Bertz CT molecular complexity index is 500. The molecule has 0 bridgehead atoms. The van der Waals surface area contributed by atoms with Crippen LogP contribution in [0.2, 0.25) is 0 Å². The Morgan fingerprint density at radius 2 is 1.95 bits per heavy atom. The van der Waals surface area contributed by atoms with Crippen LogP contribution in [0.5, 0.6) is 0 Å². The molecule has 1 rings (SSSR count). The van der Waals surface area contributed by atoms with Crippen molar-refractivity contribution in [2.75, 3.05) is 39.7 Å². The Labute approximate surface area is 115 Å². The zero-order valence-corrected chi connectivity index (χ0v) is 12.7. The second-order valence-electron chi connectivity index (χ2n) is 4.73. The monoisotopic (exact) mass is 286 g/mol. The van der Waals surface area contributed by atoms with Crippen LogP contribution in [0, 0.1) is 5.92 Å². The predicted molar refractivity (Wildman–Crippen MR) is 76.8 cm³/mol. The summed E-state index contributed by atoms with van der Waals surface area (Å²) in [5.74, 6) is 0.306. The number of hydrogen-bond acceptors (Lipinski definition) is 4. The van der Waals surface area contributed by atoms with E-state index < -0.39 is 10.0 Å². The molecule has 0 aliphatic carbocycles. The number of sulfonamides is 1. The lowest BCUT2D eigenvalue weighted by Crippen LogP contribution is -2.24. The molecule has 0 spiro atoms. The minimum absolute atomic E-state index is 0.296. The maximum Gasteiger partial charge on any atom is 0.244 e. The van der Waals surface area contributed by atoms with Crippen LogP contribution in [0.25, 0.3) is 0 Å². The van der Waals surface area contributed by atoms with Crippen LogP contribution in [0.15, 0.2) is 29.2 Å². The summed E-state index contributed by atoms with van der Waals surface area (Å²) in [6, 6.07) is 6.92. The highest BCUT2D eigenvalue weighted by atomic mass is 32.2. The lowest BCUT2D eigenvalue weighted by Gasteiger charge is -2.18. The van der Waals surface area contributed by atoms with E-state index in [0.29, 0.717) is 29.7 Å². The van der Waals surface area contributed by atoms with Gasteiger partial charge in [0.25, 0.3) is 0 Å². The lowest BCUT2D eigenvalue weighted by atomic mass is 10.2. The van der Waals surface area contributed by atoms with Gasteiger partial charge in [-0.2, -0.15) is 0 Å². The number of hydrogen-bond donors (Lipinski definition) is 1. The van der Waals surface area contributed by atoms with Gasteiger partial charge in [-0.1, -0.05) is 19.1 Å². The molecule has 6 heteroatoms. The average Bonchev–Trinajstić information content (AvgIpc) is 2.37. The fourth-order valence-electron chi connectivity index (χ4n) is 1.66. The summed E-state index contributed by atoms with van der Waals surface area (Å²) >= 11 is 0. The maximum atomic E-state index is 12.2. The summed E-state index contributed by atoms with van der Waals surface area (Å²) in [6.45, 7) is 3.34. The van der Waals surface area contributed by atoms with E-state index in [4.69, 9.17) is 4.74 Å². The molecule has 1 aromatic carbocycles. The summed E-state index contributed by atoms with van der Waals surface area (Å²) in [7, 11) is 1.28. The first-order valence-electron chi connectivity index (χ1n) is 6.14. The molecule has 0 radical (unpaired) electrons. The van der Waals surface area contributed by atoms with Crippen molar-refractivity contribution >= 4 is 15.7 Å². The van der Waals surface area contributed by atoms with Crippen LogP contribution in [0.4, 0.5) is 5.69 Å². The quantitative estimate of drug-likeness (QED) is 0.827. The second kappa shape index (κ2) is 6.88. The zero-order chi connectivity index (χ0) is 14.5. The molecular weight excluding hydrogens is 264 g/mol. The largest absolute Gasteiger partial charge is 0.384 e. The van der Waals surface area contributed by atoms with Crippen molar-refractivity contribution in [1.82, 2.24) is 4.31 Å². The van der Waals surface area contributed by atoms with E-state index in [1.165, 1.54) is 18.4 Å². The van der Waals surface area contributed by atoms with Gasteiger partial charge in [-0.05, 0) is 18.1 Å². The third-order valence-electron chi connectivity index (χ3n) is 2.74. The summed E-state index contributed by atoms with van der Waals surface area (Å²) in [4.78, 5) is 0.296. The van der Waals surface area contributed by atoms with Crippen molar-refractivity contribution in [3.63, 3.8) is 0 Å². The molecule has 0 fully saturated rings. The lowest BCUT2D eigenvalue weighted by molar-refractivity contribution is 0.164.